The van der Waals surface area contributed by atoms with Gasteiger partial charge >= 0.3 is 0 Å². The van der Waals surface area contributed by atoms with Crippen LogP contribution in [0.4, 0.5) is 0 Å². The molecule has 20 heavy (non-hydrogen) atoms. The van der Waals surface area contributed by atoms with Crippen molar-refractivity contribution in [2.45, 2.75) is 32.1 Å². The highest BCUT2D eigenvalue weighted by atomic mass is 35.5. The summed E-state index contributed by atoms with van der Waals surface area (Å²) in [5.74, 6) is 1.06. The van der Waals surface area contributed by atoms with E-state index in [0.717, 1.165) is 24.4 Å². The van der Waals surface area contributed by atoms with Crippen molar-refractivity contribution in [1.82, 2.24) is 4.90 Å². The first kappa shape index (κ1) is 15.2. The Morgan fingerprint density at radius 1 is 1.30 bits per heavy atom. The van der Waals surface area contributed by atoms with Crippen molar-refractivity contribution < 1.29 is 9.53 Å². The standard InChI is InChI=1S/C16H22ClNO2/c1-5-18(6-2)15(19)16(3)13(14(16)17)11-7-9-12(20-4)10-8-11/h7-10,13-14H,5-6H2,1-4H3/t13-,14-,16+/m0/s1. The van der Waals surface area contributed by atoms with E-state index >= 15 is 0 Å². The second kappa shape index (κ2) is 5.65. The van der Waals surface area contributed by atoms with E-state index in [1.54, 1.807) is 7.11 Å². The van der Waals surface area contributed by atoms with Crippen LogP contribution in [0.2, 0.25) is 0 Å². The largest absolute Gasteiger partial charge is 0.497 e. The van der Waals surface area contributed by atoms with Crippen molar-refractivity contribution >= 4 is 17.5 Å². The molecule has 1 fully saturated rings. The van der Waals surface area contributed by atoms with E-state index in [-0.39, 0.29) is 17.2 Å². The maximum absolute atomic E-state index is 12.6. The summed E-state index contributed by atoms with van der Waals surface area (Å²) in [5, 5.41) is -0.135. The normalized spacial score (nSPS) is 28.1. The molecule has 0 aliphatic heterocycles. The Bertz CT molecular complexity index is 484. The molecule has 1 aliphatic carbocycles. The molecular weight excluding hydrogens is 274 g/mol. The summed E-state index contributed by atoms with van der Waals surface area (Å²) >= 11 is 6.44. The summed E-state index contributed by atoms with van der Waals surface area (Å²) in [6, 6.07) is 7.83. The molecule has 0 spiro atoms. The van der Waals surface area contributed by atoms with Crippen LogP contribution in [0, 0.1) is 5.41 Å². The fourth-order valence-corrected chi connectivity index (χ4v) is 3.45. The molecule has 3 atom stereocenters. The van der Waals surface area contributed by atoms with Crippen molar-refractivity contribution in [3.63, 3.8) is 0 Å². The second-order valence-corrected chi connectivity index (χ2v) is 5.88. The van der Waals surface area contributed by atoms with Gasteiger partial charge in [0.1, 0.15) is 5.75 Å². The lowest BCUT2D eigenvalue weighted by Gasteiger charge is -2.23. The van der Waals surface area contributed by atoms with Crippen LogP contribution in [0.15, 0.2) is 24.3 Å². The summed E-state index contributed by atoms with van der Waals surface area (Å²) in [6.45, 7) is 7.42. The lowest BCUT2D eigenvalue weighted by atomic mass is 9.99. The van der Waals surface area contributed by atoms with Gasteiger partial charge in [0.05, 0.1) is 17.9 Å². The van der Waals surface area contributed by atoms with Gasteiger partial charge in [-0.2, -0.15) is 0 Å². The molecule has 4 heteroatoms. The summed E-state index contributed by atoms with van der Waals surface area (Å²) < 4.78 is 5.16. The Kier molecular flexibility index (Phi) is 4.28. The van der Waals surface area contributed by atoms with Gasteiger partial charge in [0, 0.05) is 19.0 Å². The quantitative estimate of drug-likeness (QED) is 0.780. The number of halogens is 1. The minimum Gasteiger partial charge on any atom is -0.497 e. The van der Waals surface area contributed by atoms with Gasteiger partial charge in [-0.3, -0.25) is 4.79 Å². The zero-order chi connectivity index (χ0) is 14.9. The van der Waals surface area contributed by atoms with Crippen LogP contribution in [-0.2, 0) is 4.79 Å². The van der Waals surface area contributed by atoms with E-state index in [1.165, 1.54) is 0 Å². The zero-order valence-electron chi connectivity index (χ0n) is 12.5. The molecule has 1 aromatic rings. The monoisotopic (exact) mass is 295 g/mol. The highest BCUT2D eigenvalue weighted by molar-refractivity contribution is 6.27. The van der Waals surface area contributed by atoms with Crippen LogP contribution < -0.4 is 4.74 Å². The molecule has 0 radical (unpaired) electrons. The number of benzene rings is 1. The summed E-state index contributed by atoms with van der Waals surface area (Å²) in [5.41, 5.74) is 0.621. The Balaban J connectivity index is 2.20. The second-order valence-electron chi connectivity index (χ2n) is 5.41. The first-order valence-electron chi connectivity index (χ1n) is 7.08. The molecule has 110 valence electrons. The predicted octanol–water partition coefficient (Wildman–Crippen LogP) is 3.27. The van der Waals surface area contributed by atoms with Gasteiger partial charge < -0.3 is 9.64 Å². The third kappa shape index (κ3) is 2.28. The maximum atomic E-state index is 12.6. The molecule has 0 aromatic heterocycles. The number of methoxy groups -OCH3 is 1. The summed E-state index contributed by atoms with van der Waals surface area (Å²) in [6.07, 6.45) is 0. The molecule has 1 amide bonds. The number of amides is 1. The third-order valence-electron chi connectivity index (χ3n) is 4.39. The van der Waals surface area contributed by atoms with E-state index < -0.39 is 5.41 Å². The van der Waals surface area contributed by atoms with Crippen LogP contribution in [-0.4, -0.2) is 36.4 Å². The van der Waals surface area contributed by atoms with Gasteiger partial charge in [0.15, 0.2) is 0 Å². The Hall–Kier alpha value is -1.22. The van der Waals surface area contributed by atoms with Gasteiger partial charge in [-0.05, 0) is 38.5 Å². The van der Waals surface area contributed by atoms with Gasteiger partial charge in [0.25, 0.3) is 0 Å². The number of hydrogen-bond donors (Lipinski definition) is 0. The molecule has 0 saturated heterocycles. The highest BCUT2D eigenvalue weighted by Crippen LogP contribution is 2.63. The Morgan fingerprint density at radius 2 is 1.85 bits per heavy atom. The van der Waals surface area contributed by atoms with Gasteiger partial charge in [-0.25, -0.2) is 0 Å². The topological polar surface area (TPSA) is 29.5 Å². The van der Waals surface area contributed by atoms with Crippen LogP contribution in [0.3, 0.4) is 0 Å². The average molecular weight is 296 g/mol. The number of nitrogens with zero attached hydrogens (tertiary/aromatic N) is 1. The van der Waals surface area contributed by atoms with Crippen LogP contribution in [0.5, 0.6) is 5.75 Å². The smallest absolute Gasteiger partial charge is 0.230 e. The number of alkyl halides is 1. The zero-order valence-corrected chi connectivity index (χ0v) is 13.3. The molecule has 0 N–H and O–H groups in total. The number of carbonyl (C=O) groups is 1. The van der Waals surface area contributed by atoms with E-state index in [1.807, 2.05) is 49.9 Å². The fraction of sp³-hybridized carbons (Fsp3) is 0.562. The van der Waals surface area contributed by atoms with E-state index in [0.29, 0.717) is 0 Å². The summed E-state index contributed by atoms with van der Waals surface area (Å²) in [7, 11) is 1.64. The first-order chi connectivity index (χ1) is 9.50. The van der Waals surface area contributed by atoms with Crippen molar-refractivity contribution in [2.24, 2.45) is 5.41 Å². The Morgan fingerprint density at radius 3 is 2.30 bits per heavy atom. The Labute approximate surface area is 125 Å². The number of hydrogen-bond acceptors (Lipinski definition) is 2. The number of ether oxygens (including phenoxy) is 1. The van der Waals surface area contributed by atoms with E-state index in [2.05, 4.69) is 0 Å². The van der Waals surface area contributed by atoms with E-state index in [9.17, 15) is 4.79 Å². The van der Waals surface area contributed by atoms with E-state index in [4.69, 9.17) is 16.3 Å². The maximum Gasteiger partial charge on any atom is 0.230 e. The molecule has 1 saturated carbocycles. The van der Waals surface area contributed by atoms with Crippen LogP contribution in [0.25, 0.3) is 0 Å². The van der Waals surface area contributed by atoms with Gasteiger partial charge in [0.2, 0.25) is 5.91 Å². The lowest BCUT2D eigenvalue weighted by molar-refractivity contribution is -0.136. The average Bonchev–Trinajstić information content (AvgIpc) is 3.03. The van der Waals surface area contributed by atoms with Crippen molar-refractivity contribution in [3.8, 4) is 5.75 Å². The predicted molar refractivity (Wildman–Crippen MR) is 81.4 cm³/mol. The molecular formula is C16H22ClNO2. The minimum absolute atomic E-state index is 0.0863. The molecule has 0 bridgehead atoms. The van der Waals surface area contributed by atoms with Crippen molar-refractivity contribution in [1.29, 1.82) is 0 Å². The fourth-order valence-electron chi connectivity index (χ4n) is 2.89. The molecule has 3 nitrogen and oxygen atoms in total. The molecule has 1 aromatic carbocycles. The molecule has 2 rings (SSSR count). The molecule has 0 heterocycles. The number of rotatable bonds is 5. The molecule has 0 unspecified atom stereocenters. The number of carbonyl (C=O) groups excluding carboxylic acids is 1. The lowest BCUT2D eigenvalue weighted by Crippen LogP contribution is -2.37. The molecule has 1 aliphatic rings. The SMILES string of the molecule is CCN(CC)C(=O)[C@@]1(C)[C@@H](Cl)[C@@H]1c1ccc(OC)cc1. The van der Waals surface area contributed by atoms with Crippen LogP contribution >= 0.6 is 11.6 Å². The third-order valence-corrected chi connectivity index (χ3v) is 5.09. The summed E-state index contributed by atoms with van der Waals surface area (Å²) in [4.78, 5) is 14.5. The highest BCUT2D eigenvalue weighted by Gasteiger charge is 2.66. The van der Waals surface area contributed by atoms with Crippen molar-refractivity contribution in [2.75, 3.05) is 20.2 Å². The van der Waals surface area contributed by atoms with Gasteiger partial charge in [-0.15, -0.1) is 11.6 Å². The van der Waals surface area contributed by atoms with Gasteiger partial charge in [-0.1, -0.05) is 12.1 Å². The van der Waals surface area contributed by atoms with Crippen molar-refractivity contribution in [3.05, 3.63) is 29.8 Å². The minimum atomic E-state index is -0.484. The van der Waals surface area contributed by atoms with Crippen LogP contribution in [0.1, 0.15) is 32.3 Å². The first-order valence-corrected chi connectivity index (χ1v) is 7.51.